The Bertz CT molecular complexity index is 1140. The summed E-state index contributed by atoms with van der Waals surface area (Å²) in [4.78, 5) is 12.7. The van der Waals surface area contributed by atoms with Gasteiger partial charge in [-0.1, -0.05) is 18.2 Å². The predicted octanol–water partition coefficient (Wildman–Crippen LogP) is 4.28. The van der Waals surface area contributed by atoms with Gasteiger partial charge in [0.25, 0.3) is 15.9 Å². The van der Waals surface area contributed by atoms with Gasteiger partial charge >= 0.3 is 0 Å². The lowest BCUT2D eigenvalue weighted by atomic mass is 10.1. The van der Waals surface area contributed by atoms with E-state index in [4.69, 9.17) is 9.47 Å². The summed E-state index contributed by atoms with van der Waals surface area (Å²) in [5, 5.41) is 2.81. The molecule has 0 atom stereocenters. The number of rotatable bonds is 9. The SMILES string of the molecule is CCOc1ccc(S(=O)(=O)Nc2cccc(C(=O)Nc3cccc(COC)c3)c2)cc1. The third-order valence-electron chi connectivity index (χ3n) is 4.32. The fraction of sp³-hybridized carbons (Fsp3) is 0.174. The van der Waals surface area contributed by atoms with E-state index < -0.39 is 10.0 Å². The second-order valence-electron chi connectivity index (χ2n) is 6.68. The molecule has 0 radical (unpaired) electrons. The molecule has 0 spiro atoms. The molecular weight excluding hydrogens is 416 g/mol. The third kappa shape index (κ3) is 6.07. The maximum Gasteiger partial charge on any atom is 0.261 e. The zero-order valence-corrected chi connectivity index (χ0v) is 18.1. The number of carbonyl (C=O) groups is 1. The van der Waals surface area contributed by atoms with Gasteiger partial charge in [-0.3, -0.25) is 9.52 Å². The molecule has 3 aromatic rings. The smallest absolute Gasteiger partial charge is 0.261 e. The molecule has 2 N–H and O–H groups in total. The number of anilines is 2. The van der Waals surface area contributed by atoms with Crippen LogP contribution in [0.5, 0.6) is 5.75 Å². The van der Waals surface area contributed by atoms with Crippen molar-refractivity contribution in [2.24, 2.45) is 0 Å². The lowest BCUT2D eigenvalue weighted by molar-refractivity contribution is 0.102. The number of hydrogen-bond acceptors (Lipinski definition) is 5. The second-order valence-corrected chi connectivity index (χ2v) is 8.36. The van der Waals surface area contributed by atoms with Crippen molar-refractivity contribution in [2.45, 2.75) is 18.4 Å². The third-order valence-corrected chi connectivity index (χ3v) is 5.72. The van der Waals surface area contributed by atoms with E-state index in [1.165, 1.54) is 18.2 Å². The van der Waals surface area contributed by atoms with E-state index >= 15 is 0 Å². The minimum absolute atomic E-state index is 0.0979. The summed E-state index contributed by atoms with van der Waals surface area (Å²) in [6.07, 6.45) is 0. The molecule has 0 aromatic heterocycles. The van der Waals surface area contributed by atoms with Crippen LogP contribution >= 0.6 is 0 Å². The zero-order chi connectivity index (χ0) is 22.3. The Labute approximate surface area is 182 Å². The monoisotopic (exact) mass is 440 g/mol. The van der Waals surface area contributed by atoms with Crippen LogP contribution in [0.2, 0.25) is 0 Å². The van der Waals surface area contributed by atoms with Crippen molar-refractivity contribution >= 4 is 27.3 Å². The minimum atomic E-state index is -3.81. The average molecular weight is 441 g/mol. The Kier molecular flexibility index (Phi) is 7.28. The van der Waals surface area contributed by atoms with Crippen molar-refractivity contribution in [1.29, 1.82) is 0 Å². The largest absolute Gasteiger partial charge is 0.494 e. The molecule has 8 heteroatoms. The van der Waals surface area contributed by atoms with Crippen LogP contribution in [0.4, 0.5) is 11.4 Å². The number of nitrogens with one attached hydrogen (secondary N) is 2. The first kappa shape index (κ1) is 22.3. The molecule has 0 aliphatic carbocycles. The van der Waals surface area contributed by atoms with Crippen molar-refractivity contribution in [3.05, 3.63) is 83.9 Å². The van der Waals surface area contributed by atoms with Crippen LogP contribution in [0, 0.1) is 0 Å². The van der Waals surface area contributed by atoms with Crippen LogP contribution in [0.15, 0.2) is 77.7 Å². The molecule has 0 aliphatic rings. The molecule has 0 fully saturated rings. The maximum absolute atomic E-state index is 12.7. The minimum Gasteiger partial charge on any atom is -0.494 e. The number of hydrogen-bond donors (Lipinski definition) is 2. The first-order valence-corrected chi connectivity index (χ1v) is 11.1. The number of amides is 1. The van der Waals surface area contributed by atoms with Crippen LogP contribution in [0.1, 0.15) is 22.8 Å². The lowest BCUT2D eigenvalue weighted by Crippen LogP contribution is -2.15. The van der Waals surface area contributed by atoms with E-state index in [1.54, 1.807) is 43.5 Å². The second kappa shape index (κ2) is 10.1. The average Bonchev–Trinajstić information content (AvgIpc) is 2.75. The quantitative estimate of drug-likeness (QED) is 0.518. The van der Waals surface area contributed by atoms with E-state index in [0.29, 0.717) is 30.2 Å². The van der Waals surface area contributed by atoms with E-state index in [1.807, 2.05) is 25.1 Å². The number of ether oxygens (including phenoxy) is 2. The summed E-state index contributed by atoms with van der Waals surface area (Å²) < 4.78 is 38.3. The Morgan fingerprint density at radius 2 is 1.65 bits per heavy atom. The molecule has 0 aliphatic heterocycles. The summed E-state index contributed by atoms with van der Waals surface area (Å²) in [5.41, 5.74) is 2.16. The maximum atomic E-state index is 12.7. The molecule has 1 amide bonds. The van der Waals surface area contributed by atoms with Gasteiger partial charge in [0.1, 0.15) is 5.75 Å². The van der Waals surface area contributed by atoms with Crippen LogP contribution in [0.3, 0.4) is 0 Å². The fourth-order valence-corrected chi connectivity index (χ4v) is 3.98. The topological polar surface area (TPSA) is 93.7 Å². The highest BCUT2D eigenvalue weighted by atomic mass is 32.2. The number of carbonyl (C=O) groups excluding carboxylic acids is 1. The van der Waals surface area contributed by atoms with Gasteiger partial charge in [0.2, 0.25) is 0 Å². The molecule has 3 aromatic carbocycles. The molecule has 0 bridgehead atoms. The Morgan fingerprint density at radius 1 is 0.935 bits per heavy atom. The van der Waals surface area contributed by atoms with Crippen molar-refractivity contribution in [3.63, 3.8) is 0 Å². The lowest BCUT2D eigenvalue weighted by Gasteiger charge is -2.11. The Morgan fingerprint density at radius 3 is 2.35 bits per heavy atom. The van der Waals surface area contributed by atoms with Gasteiger partial charge < -0.3 is 14.8 Å². The Hall–Kier alpha value is -3.36. The van der Waals surface area contributed by atoms with Crippen molar-refractivity contribution in [2.75, 3.05) is 23.8 Å². The van der Waals surface area contributed by atoms with Gasteiger partial charge in [-0.25, -0.2) is 8.42 Å². The molecule has 31 heavy (non-hydrogen) atoms. The summed E-state index contributed by atoms with van der Waals surface area (Å²) in [6, 6.07) is 19.8. The van der Waals surface area contributed by atoms with Crippen LogP contribution < -0.4 is 14.8 Å². The van der Waals surface area contributed by atoms with Crippen LogP contribution in [-0.2, 0) is 21.4 Å². The summed E-state index contributed by atoms with van der Waals surface area (Å²) >= 11 is 0. The first-order valence-electron chi connectivity index (χ1n) is 9.66. The van der Waals surface area contributed by atoms with Gasteiger partial charge in [-0.15, -0.1) is 0 Å². The van der Waals surface area contributed by atoms with Crippen molar-refractivity contribution in [3.8, 4) is 5.75 Å². The van der Waals surface area contributed by atoms with Gasteiger partial charge in [0.15, 0.2) is 0 Å². The van der Waals surface area contributed by atoms with Gasteiger partial charge in [0, 0.05) is 24.0 Å². The molecule has 0 heterocycles. The first-order chi connectivity index (χ1) is 14.9. The highest BCUT2D eigenvalue weighted by Gasteiger charge is 2.15. The van der Waals surface area contributed by atoms with Crippen LogP contribution in [-0.4, -0.2) is 28.0 Å². The van der Waals surface area contributed by atoms with Crippen molar-refractivity contribution < 1.29 is 22.7 Å². The van der Waals surface area contributed by atoms with E-state index in [-0.39, 0.29) is 16.5 Å². The fourth-order valence-electron chi connectivity index (χ4n) is 2.93. The highest BCUT2D eigenvalue weighted by Crippen LogP contribution is 2.21. The molecule has 162 valence electrons. The van der Waals surface area contributed by atoms with Crippen LogP contribution in [0.25, 0.3) is 0 Å². The molecule has 0 saturated heterocycles. The zero-order valence-electron chi connectivity index (χ0n) is 17.3. The summed E-state index contributed by atoms with van der Waals surface area (Å²) in [5.74, 6) is 0.242. The van der Waals surface area contributed by atoms with E-state index in [0.717, 1.165) is 5.56 Å². The number of sulfonamides is 1. The standard InChI is InChI=1S/C23H24N2O5S/c1-3-30-21-10-12-22(13-11-21)31(27,28)25-20-9-5-7-18(15-20)23(26)24-19-8-4-6-17(14-19)16-29-2/h4-15,25H,3,16H2,1-2H3,(H,24,26). The van der Waals surface area contributed by atoms with Gasteiger partial charge in [-0.2, -0.15) is 0 Å². The molecule has 0 unspecified atom stereocenters. The molecular formula is C23H24N2O5S. The van der Waals surface area contributed by atoms with E-state index in [9.17, 15) is 13.2 Å². The highest BCUT2D eigenvalue weighted by molar-refractivity contribution is 7.92. The normalized spacial score (nSPS) is 11.0. The number of methoxy groups -OCH3 is 1. The predicted molar refractivity (Wildman–Crippen MR) is 120 cm³/mol. The Balaban J connectivity index is 1.73. The summed E-state index contributed by atoms with van der Waals surface area (Å²) in [6.45, 7) is 2.79. The molecule has 0 saturated carbocycles. The number of benzene rings is 3. The van der Waals surface area contributed by atoms with Gasteiger partial charge in [-0.05, 0) is 67.1 Å². The van der Waals surface area contributed by atoms with Gasteiger partial charge in [0.05, 0.1) is 18.1 Å². The summed E-state index contributed by atoms with van der Waals surface area (Å²) in [7, 11) is -2.21. The molecule has 3 rings (SSSR count). The molecule has 7 nitrogen and oxygen atoms in total. The van der Waals surface area contributed by atoms with E-state index in [2.05, 4.69) is 10.0 Å². The van der Waals surface area contributed by atoms with Crippen molar-refractivity contribution in [1.82, 2.24) is 0 Å².